The molecule has 0 bridgehead atoms. The Balaban J connectivity index is 3.04. The van der Waals surface area contributed by atoms with Gasteiger partial charge >= 0.3 is 0 Å². The molecule has 0 aromatic heterocycles. The molecule has 0 atom stereocenters. The molecule has 2 heteroatoms. The van der Waals surface area contributed by atoms with Crippen molar-refractivity contribution in [2.75, 3.05) is 26.4 Å². The van der Waals surface area contributed by atoms with E-state index >= 15 is 0 Å². The van der Waals surface area contributed by atoms with Crippen LogP contribution in [0, 0.1) is 0 Å². The molecule has 0 heterocycles. The Bertz CT molecular complexity index is 214. The van der Waals surface area contributed by atoms with Gasteiger partial charge in [-0.1, -0.05) is 103 Å². The summed E-state index contributed by atoms with van der Waals surface area (Å²) in [5.41, 5.74) is 0. The van der Waals surface area contributed by atoms with Gasteiger partial charge in [0.1, 0.15) is 0 Å². The molecule has 0 spiro atoms. The second-order valence-electron chi connectivity index (χ2n) is 6.86. The van der Waals surface area contributed by atoms with Crippen molar-refractivity contribution < 1.29 is 9.47 Å². The molecule has 144 valence electrons. The lowest BCUT2D eigenvalue weighted by Gasteiger charge is -2.03. The number of hydrogen-bond donors (Lipinski definition) is 0. The summed E-state index contributed by atoms with van der Waals surface area (Å²) in [6.45, 7) is 7.80. The van der Waals surface area contributed by atoms with Crippen molar-refractivity contribution in [1.82, 2.24) is 0 Å². The van der Waals surface area contributed by atoms with E-state index in [1.165, 1.54) is 89.9 Å². The van der Waals surface area contributed by atoms with Gasteiger partial charge in [0.15, 0.2) is 0 Å². The van der Waals surface area contributed by atoms with Gasteiger partial charge in [-0.25, -0.2) is 0 Å². The first kappa shape index (κ1) is 23.7. The van der Waals surface area contributed by atoms with Crippen LogP contribution >= 0.6 is 0 Å². The van der Waals surface area contributed by atoms with Gasteiger partial charge < -0.3 is 9.47 Å². The quantitative estimate of drug-likeness (QED) is 0.174. The first-order valence-electron chi connectivity index (χ1n) is 10.7. The Kier molecular flexibility index (Phi) is 22.3. The summed E-state index contributed by atoms with van der Waals surface area (Å²) in [6.07, 6.45) is 23.0. The standard InChI is InChI=1S/C22H44O2/c1-3-5-7-9-11-13-15-19-23-21-17-18-22-24-20-16-14-12-10-8-6-4-2/h17-18H,3-16,19-22H2,1-2H3/b18-17-. The summed E-state index contributed by atoms with van der Waals surface area (Å²) in [5.74, 6) is 0. The van der Waals surface area contributed by atoms with Gasteiger partial charge in [0.05, 0.1) is 13.2 Å². The lowest BCUT2D eigenvalue weighted by molar-refractivity contribution is 0.149. The van der Waals surface area contributed by atoms with Crippen LogP contribution in [-0.4, -0.2) is 26.4 Å². The minimum atomic E-state index is 0.733. The Labute approximate surface area is 152 Å². The van der Waals surface area contributed by atoms with Gasteiger partial charge in [-0.2, -0.15) is 0 Å². The first-order valence-corrected chi connectivity index (χ1v) is 10.7. The van der Waals surface area contributed by atoms with Crippen LogP contribution in [0.4, 0.5) is 0 Å². The van der Waals surface area contributed by atoms with E-state index in [0.29, 0.717) is 0 Å². The molecule has 24 heavy (non-hydrogen) atoms. The maximum Gasteiger partial charge on any atom is 0.0648 e. The van der Waals surface area contributed by atoms with E-state index in [1.807, 2.05) is 0 Å². The number of hydrogen-bond acceptors (Lipinski definition) is 2. The minimum Gasteiger partial charge on any atom is -0.377 e. The predicted octanol–water partition coefficient (Wildman–Crippen LogP) is 7.08. The third-order valence-electron chi connectivity index (χ3n) is 4.38. The molecule has 0 unspecified atom stereocenters. The summed E-state index contributed by atoms with van der Waals surface area (Å²) in [6, 6.07) is 0. The summed E-state index contributed by atoms with van der Waals surface area (Å²) in [7, 11) is 0. The summed E-state index contributed by atoms with van der Waals surface area (Å²) in [4.78, 5) is 0. The molecule has 0 aromatic carbocycles. The van der Waals surface area contributed by atoms with Gasteiger partial charge in [0.2, 0.25) is 0 Å². The van der Waals surface area contributed by atoms with E-state index in [9.17, 15) is 0 Å². The fourth-order valence-corrected chi connectivity index (χ4v) is 2.76. The fraction of sp³-hybridized carbons (Fsp3) is 0.909. The van der Waals surface area contributed by atoms with Crippen molar-refractivity contribution in [2.24, 2.45) is 0 Å². The molecule has 0 saturated carbocycles. The highest BCUT2D eigenvalue weighted by Crippen LogP contribution is 2.07. The molecule has 2 nitrogen and oxygen atoms in total. The van der Waals surface area contributed by atoms with Crippen LogP contribution in [0.3, 0.4) is 0 Å². The zero-order chi connectivity index (χ0) is 17.6. The van der Waals surface area contributed by atoms with Crippen molar-refractivity contribution in [3.63, 3.8) is 0 Å². The SMILES string of the molecule is CCCCCCCCCOC/C=C\COCCCCCCCCC. The van der Waals surface area contributed by atoms with Gasteiger partial charge in [0, 0.05) is 13.2 Å². The molecule has 0 aliphatic carbocycles. The molecule has 0 saturated heterocycles. The third kappa shape index (κ3) is 21.7. The molecule has 0 fully saturated rings. The van der Waals surface area contributed by atoms with Crippen LogP contribution in [0.1, 0.15) is 104 Å². The van der Waals surface area contributed by atoms with E-state index in [4.69, 9.17) is 9.47 Å². The largest absolute Gasteiger partial charge is 0.377 e. The predicted molar refractivity (Wildman–Crippen MR) is 107 cm³/mol. The minimum absolute atomic E-state index is 0.733. The van der Waals surface area contributed by atoms with Crippen LogP contribution in [0.5, 0.6) is 0 Å². The maximum absolute atomic E-state index is 5.61. The van der Waals surface area contributed by atoms with Gasteiger partial charge in [-0.3, -0.25) is 0 Å². The zero-order valence-electron chi connectivity index (χ0n) is 16.7. The third-order valence-corrected chi connectivity index (χ3v) is 4.38. The average Bonchev–Trinajstić information content (AvgIpc) is 2.60. The van der Waals surface area contributed by atoms with Crippen LogP contribution in [-0.2, 0) is 9.47 Å². The Morgan fingerprint density at radius 3 is 1.17 bits per heavy atom. The molecular formula is C22H44O2. The summed E-state index contributed by atoms with van der Waals surface area (Å²) in [5, 5.41) is 0. The Morgan fingerprint density at radius 1 is 0.458 bits per heavy atom. The van der Waals surface area contributed by atoms with Crippen molar-refractivity contribution in [3.8, 4) is 0 Å². The number of rotatable bonds is 20. The second-order valence-corrected chi connectivity index (χ2v) is 6.86. The van der Waals surface area contributed by atoms with Crippen LogP contribution in [0.25, 0.3) is 0 Å². The smallest absolute Gasteiger partial charge is 0.0648 e. The maximum atomic E-state index is 5.61. The lowest BCUT2D eigenvalue weighted by Crippen LogP contribution is -1.97. The molecular weight excluding hydrogens is 296 g/mol. The average molecular weight is 341 g/mol. The molecule has 0 rings (SSSR count). The second kappa shape index (κ2) is 22.7. The topological polar surface area (TPSA) is 18.5 Å². The van der Waals surface area contributed by atoms with Crippen molar-refractivity contribution >= 4 is 0 Å². The van der Waals surface area contributed by atoms with Crippen LogP contribution in [0.15, 0.2) is 12.2 Å². The van der Waals surface area contributed by atoms with Gasteiger partial charge in [-0.05, 0) is 12.8 Å². The summed E-state index contributed by atoms with van der Waals surface area (Å²) >= 11 is 0. The summed E-state index contributed by atoms with van der Waals surface area (Å²) < 4.78 is 11.2. The number of ether oxygens (including phenoxy) is 2. The highest BCUT2D eigenvalue weighted by Gasteiger charge is 1.92. The van der Waals surface area contributed by atoms with E-state index in [0.717, 1.165) is 26.4 Å². The first-order chi connectivity index (χ1) is 11.9. The van der Waals surface area contributed by atoms with Crippen molar-refractivity contribution in [1.29, 1.82) is 0 Å². The van der Waals surface area contributed by atoms with Gasteiger partial charge in [-0.15, -0.1) is 0 Å². The lowest BCUT2D eigenvalue weighted by atomic mass is 10.1. The van der Waals surface area contributed by atoms with Crippen molar-refractivity contribution in [2.45, 2.75) is 104 Å². The van der Waals surface area contributed by atoms with Gasteiger partial charge in [0.25, 0.3) is 0 Å². The zero-order valence-corrected chi connectivity index (χ0v) is 16.7. The molecule has 0 N–H and O–H groups in total. The Hall–Kier alpha value is -0.340. The van der Waals surface area contributed by atoms with E-state index < -0.39 is 0 Å². The normalized spacial score (nSPS) is 11.6. The van der Waals surface area contributed by atoms with Crippen LogP contribution < -0.4 is 0 Å². The number of unbranched alkanes of at least 4 members (excludes halogenated alkanes) is 12. The fourth-order valence-electron chi connectivity index (χ4n) is 2.76. The van der Waals surface area contributed by atoms with E-state index in [2.05, 4.69) is 26.0 Å². The highest BCUT2D eigenvalue weighted by atomic mass is 16.5. The molecule has 0 aliphatic heterocycles. The van der Waals surface area contributed by atoms with E-state index in [1.54, 1.807) is 0 Å². The highest BCUT2D eigenvalue weighted by molar-refractivity contribution is 4.81. The molecule has 0 aromatic rings. The van der Waals surface area contributed by atoms with E-state index in [-0.39, 0.29) is 0 Å². The van der Waals surface area contributed by atoms with Crippen molar-refractivity contribution in [3.05, 3.63) is 12.2 Å². The molecule has 0 amide bonds. The molecule has 0 aliphatic rings. The Morgan fingerprint density at radius 2 is 0.792 bits per heavy atom. The molecule has 0 radical (unpaired) electrons. The monoisotopic (exact) mass is 340 g/mol. The van der Waals surface area contributed by atoms with Crippen LogP contribution in [0.2, 0.25) is 0 Å².